The lowest BCUT2D eigenvalue weighted by molar-refractivity contribution is -0.141. The summed E-state index contributed by atoms with van der Waals surface area (Å²) < 4.78 is 26.7. The molecule has 94 valence electrons. The number of carboxylic acids is 1. The first kappa shape index (κ1) is 11.9. The molecule has 0 amide bonds. The number of aromatic nitrogens is 3. The number of aliphatic carboxylic acids is 1. The summed E-state index contributed by atoms with van der Waals surface area (Å²) in [4.78, 5) is 11.0. The van der Waals surface area contributed by atoms with Crippen LogP contribution in [0.25, 0.3) is 0 Å². The highest BCUT2D eigenvalue weighted by Gasteiger charge is 2.38. The van der Waals surface area contributed by atoms with Crippen molar-refractivity contribution in [1.82, 2.24) is 20.3 Å². The third-order valence-corrected chi connectivity index (χ3v) is 2.99. The van der Waals surface area contributed by atoms with E-state index in [1.807, 2.05) is 0 Å². The molecule has 0 spiro atoms. The Kier molecular flexibility index (Phi) is 3.05. The zero-order valence-electron chi connectivity index (χ0n) is 9.10. The average molecular weight is 246 g/mol. The Morgan fingerprint density at radius 1 is 1.59 bits per heavy atom. The van der Waals surface area contributed by atoms with Gasteiger partial charge in [-0.2, -0.15) is 0 Å². The molecule has 0 bridgehead atoms. The number of alkyl halides is 2. The molecule has 6 nitrogen and oxygen atoms in total. The smallest absolute Gasteiger partial charge is 0.308 e. The first-order chi connectivity index (χ1) is 8.02. The largest absolute Gasteiger partial charge is 0.481 e. The SMILES string of the molecule is Cn1nnc(C2CNCC2C(=O)O)c1C(F)F. The van der Waals surface area contributed by atoms with Crippen LogP contribution in [-0.4, -0.2) is 39.2 Å². The molecule has 2 unspecified atom stereocenters. The van der Waals surface area contributed by atoms with Crippen LogP contribution < -0.4 is 5.32 Å². The number of carbonyl (C=O) groups is 1. The van der Waals surface area contributed by atoms with Crippen molar-refractivity contribution in [2.24, 2.45) is 13.0 Å². The molecule has 1 fully saturated rings. The maximum absolute atomic E-state index is 12.8. The van der Waals surface area contributed by atoms with Crippen molar-refractivity contribution >= 4 is 5.97 Å². The van der Waals surface area contributed by atoms with Crippen molar-refractivity contribution in [3.8, 4) is 0 Å². The summed E-state index contributed by atoms with van der Waals surface area (Å²) in [7, 11) is 1.37. The molecule has 1 aliphatic rings. The molecule has 1 aromatic heterocycles. The van der Waals surface area contributed by atoms with E-state index in [9.17, 15) is 13.6 Å². The lowest BCUT2D eigenvalue weighted by Crippen LogP contribution is -2.22. The van der Waals surface area contributed by atoms with Crippen LogP contribution in [0, 0.1) is 5.92 Å². The van der Waals surface area contributed by atoms with Gasteiger partial charge in [0.1, 0.15) is 5.69 Å². The van der Waals surface area contributed by atoms with E-state index in [-0.39, 0.29) is 17.9 Å². The summed E-state index contributed by atoms with van der Waals surface area (Å²) in [6, 6.07) is 0. The van der Waals surface area contributed by atoms with Crippen LogP contribution in [0.3, 0.4) is 0 Å². The molecule has 1 aliphatic heterocycles. The molecule has 2 heterocycles. The number of nitrogens with zero attached hydrogens (tertiary/aromatic N) is 3. The van der Waals surface area contributed by atoms with E-state index in [4.69, 9.17) is 5.11 Å². The van der Waals surface area contributed by atoms with E-state index < -0.39 is 24.2 Å². The molecule has 1 saturated heterocycles. The van der Waals surface area contributed by atoms with Gasteiger partial charge in [0, 0.05) is 26.1 Å². The number of halogens is 2. The molecule has 17 heavy (non-hydrogen) atoms. The van der Waals surface area contributed by atoms with E-state index in [1.54, 1.807) is 0 Å². The number of carboxylic acid groups (broad SMARTS) is 1. The monoisotopic (exact) mass is 246 g/mol. The summed E-state index contributed by atoms with van der Waals surface area (Å²) in [6.07, 6.45) is -2.71. The highest BCUT2D eigenvalue weighted by Crippen LogP contribution is 2.32. The number of hydrogen-bond donors (Lipinski definition) is 2. The van der Waals surface area contributed by atoms with Gasteiger partial charge in [-0.1, -0.05) is 5.21 Å². The van der Waals surface area contributed by atoms with E-state index in [0.717, 1.165) is 4.68 Å². The van der Waals surface area contributed by atoms with Crippen molar-refractivity contribution in [3.05, 3.63) is 11.4 Å². The Hall–Kier alpha value is -1.57. The summed E-state index contributed by atoms with van der Waals surface area (Å²) in [6.45, 7) is 0.592. The Bertz CT molecular complexity index is 435. The normalized spacial score (nSPS) is 24.5. The Balaban J connectivity index is 2.37. The van der Waals surface area contributed by atoms with Crippen molar-refractivity contribution in [1.29, 1.82) is 0 Å². The van der Waals surface area contributed by atoms with Gasteiger partial charge >= 0.3 is 5.97 Å². The van der Waals surface area contributed by atoms with Gasteiger partial charge in [-0.3, -0.25) is 4.79 Å². The van der Waals surface area contributed by atoms with Gasteiger partial charge in [0.25, 0.3) is 6.43 Å². The van der Waals surface area contributed by atoms with Crippen LogP contribution in [0.5, 0.6) is 0 Å². The summed E-state index contributed by atoms with van der Waals surface area (Å²) >= 11 is 0. The van der Waals surface area contributed by atoms with Crippen LogP contribution in [0.2, 0.25) is 0 Å². The average Bonchev–Trinajstić information content (AvgIpc) is 2.82. The molecular weight excluding hydrogens is 234 g/mol. The van der Waals surface area contributed by atoms with E-state index in [0.29, 0.717) is 6.54 Å². The molecule has 0 radical (unpaired) electrons. The maximum Gasteiger partial charge on any atom is 0.308 e. The molecule has 2 atom stereocenters. The minimum Gasteiger partial charge on any atom is -0.481 e. The van der Waals surface area contributed by atoms with Crippen LogP contribution >= 0.6 is 0 Å². The molecule has 0 aromatic carbocycles. The number of aryl methyl sites for hydroxylation is 1. The first-order valence-electron chi connectivity index (χ1n) is 5.13. The van der Waals surface area contributed by atoms with E-state index >= 15 is 0 Å². The quantitative estimate of drug-likeness (QED) is 0.793. The lowest BCUT2D eigenvalue weighted by atomic mass is 9.92. The fraction of sp³-hybridized carbons (Fsp3) is 0.667. The van der Waals surface area contributed by atoms with Gasteiger partial charge in [0.15, 0.2) is 0 Å². The Morgan fingerprint density at radius 3 is 2.88 bits per heavy atom. The predicted octanol–water partition coefficient (Wildman–Crippen LogP) is 0.140. The second kappa shape index (κ2) is 4.36. The minimum atomic E-state index is -2.71. The zero-order valence-corrected chi connectivity index (χ0v) is 9.10. The highest BCUT2D eigenvalue weighted by atomic mass is 19.3. The maximum atomic E-state index is 12.8. The summed E-state index contributed by atoms with van der Waals surface area (Å²) in [5, 5.41) is 19.1. The lowest BCUT2D eigenvalue weighted by Gasteiger charge is -2.13. The fourth-order valence-electron chi connectivity index (χ4n) is 2.12. The third-order valence-electron chi connectivity index (χ3n) is 2.99. The number of nitrogens with one attached hydrogen (secondary N) is 1. The van der Waals surface area contributed by atoms with Crippen LogP contribution in [-0.2, 0) is 11.8 Å². The molecular formula is C9H12F2N4O2. The number of hydrogen-bond acceptors (Lipinski definition) is 4. The molecule has 0 aliphatic carbocycles. The van der Waals surface area contributed by atoms with Crippen LogP contribution in [0.15, 0.2) is 0 Å². The fourth-order valence-corrected chi connectivity index (χ4v) is 2.12. The van der Waals surface area contributed by atoms with Crippen LogP contribution in [0.4, 0.5) is 8.78 Å². The van der Waals surface area contributed by atoms with E-state index in [1.165, 1.54) is 7.05 Å². The molecule has 2 N–H and O–H groups in total. The van der Waals surface area contributed by atoms with Crippen LogP contribution in [0.1, 0.15) is 23.7 Å². The molecule has 8 heteroatoms. The predicted molar refractivity (Wildman–Crippen MR) is 52.7 cm³/mol. The van der Waals surface area contributed by atoms with Gasteiger partial charge in [0.05, 0.1) is 11.6 Å². The molecule has 1 aromatic rings. The Morgan fingerprint density at radius 2 is 2.29 bits per heavy atom. The minimum absolute atomic E-state index is 0.0832. The summed E-state index contributed by atoms with van der Waals surface area (Å²) in [5.41, 5.74) is -0.218. The first-order valence-corrected chi connectivity index (χ1v) is 5.13. The van der Waals surface area contributed by atoms with Crippen molar-refractivity contribution in [2.45, 2.75) is 12.3 Å². The topological polar surface area (TPSA) is 80.0 Å². The van der Waals surface area contributed by atoms with Crippen molar-refractivity contribution in [3.63, 3.8) is 0 Å². The summed E-state index contributed by atoms with van der Waals surface area (Å²) in [5.74, 6) is -2.29. The van der Waals surface area contributed by atoms with Gasteiger partial charge in [-0.05, 0) is 0 Å². The van der Waals surface area contributed by atoms with Gasteiger partial charge in [-0.25, -0.2) is 13.5 Å². The second-order valence-electron chi connectivity index (χ2n) is 3.99. The Labute approximate surface area is 95.6 Å². The zero-order chi connectivity index (χ0) is 12.6. The molecule has 0 saturated carbocycles. The third kappa shape index (κ3) is 1.99. The van der Waals surface area contributed by atoms with Gasteiger partial charge in [-0.15, -0.1) is 5.10 Å². The number of rotatable bonds is 3. The van der Waals surface area contributed by atoms with Gasteiger partial charge < -0.3 is 10.4 Å². The second-order valence-corrected chi connectivity index (χ2v) is 3.99. The molecule has 2 rings (SSSR count). The van der Waals surface area contributed by atoms with Crippen molar-refractivity contribution < 1.29 is 18.7 Å². The standard InChI is InChI=1S/C9H12F2N4O2/c1-15-7(8(10)11)6(13-14-15)4-2-12-3-5(4)9(16)17/h4-5,8,12H,2-3H2,1H3,(H,16,17). The van der Waals surface area contributed by atoms with Crippen molar-refractivity contribution in [2.75, 3.05) is 13.1 Å². The van der Waals surface area contributed by atoms with Gasteiger partial charge in [0.2, 0.25) is 0 Å². The van der Waals surface area contributed by atoms with E-state index in [2.05, 4.69) is 15.6 Å². The highest BCUT2D eigenvalue weighted by molar-refractivity contribution is 5.72.